The number of ether oxygens (including phenoxy) is 1. The summed E-state index contributed by atoms with van der Waals surface area (Å²) in [7, 11) is 1.54. The SMILES string of the molecule is CCC(C(=O)O)c1c(C)[nH]c2cc(Cl)c(OC)cc12. The molecule has 0 radical (unpaired) electrons. The maximum absolute atomic E-state index is 11.4. The van der Waals surface area contributed by atoms with Crippen molar-refractivity contribution in [2.24, 2.45) is 0 Å². The lowest BCUT2D eigenvalue weighted by molar-refractivity contribution is -0.138. The van der Waals surface area contributed by atoms with Crippen LogP contribution in [0.25, 0.3) is 10.9 Å². The summed E-state index contributed by atoms with van der Waals surface area (Å²) in [4.78, 5) is 14.6. The van der Waals surface area contributed by atoms with E-state index in [0.717, 1.165) is 22.2 Å². The maximum atomic E-state index is 11.4. The van der Waals surface area contributed by atoms with Crippen molar-refractivity contribution in [2.45, 2.75) is 26.2 Å². The lowest BCUT2D eigenvalue weighted by Crippen LogP contribution is -2.11. The molecule has 0 aliphatic heterocycles. The van der Waals surface area contributed by atoms with Crippen LogP contribution in [-0.2, 0) is 4.79 Å². The Balaban J connectivity index is 2.73. The third-order valence-corrected chi connectivity index (χ3v) is 3.66. The van der Waals surface area contributed by atoms with Gasteiger partial charge in [-0.2, -0.15) is 0 Å². The molecule has 19 heavy (non-hydrogen) atoms. The van der Waals surface area contributed by atoms with Crippen molar-refractivity contribution in [3.8, 4) is 5.75 Å². The fraction of sp³-hybridized carbons (Fsp3) is 0.357. The van der Waals surface area contributed by atoms with Crippen molar-refractivity contribution >= 4 is 28.5 Å². The number of methoxy groups -OCH3 is 1. The standard InChI is InChI=1S/C14H16ClNO3/c1-4-8(14(17)18)13-7(2)16-11-6-10(15)12(19-3)5-9(11)13/h5-6,8,16H,4H2,1-3H3,(H,17,18). The Kier molecular flexibility index (Phi) is 3.71. The van der Waals surface area contributed by atoms with E-state index in [9.17, 15) is 9.90 Å². The van der Waals surface area contributed by atoms with E-state index < -0.39 is 11.9 Å². The van der Waals surface area contributed by atoms with Crippen LogP contribution in [0, 0.1) is 6.92 Å². The van der Waals surface area contributed by atoms with E-state index in [2.05, 4.69) is 4.98 Å². The third kappa shape index (κ3) is 2.28. The Morgan fingerprint density at radius 3 is 2.74 bits per heavy atom. The second-order valence-corrected chi connectivity index (χ2v) is 4.90. The zero-order valence-corrected chi connectivity index (χ0v) is 11.8. The summed E-state index contributed by atoms with van der Waals surface area (Å²) < 4.78 is 5.20. The molecule has 5 heteroatoms. The summed E-state index contributed by atoms with van der Waals surface area (Å²) in [6.07, 6.45) is 0.536. The second kappa shape index (κ2) is 5.13. The molecule has 0 aliphatic rings. The molecule has 2 rings (SSSR count). The van der Waals surface area contributed by atoms with Gasteiger partial charge in [-0.3, -0.25) is 4.79 Å². The van der Waals surface area contributed by atoms with Gasteiger partial charge in [-0.15, -0.1) is 0 Å². The first-order valence-electron chi connectivity index (χ1n) is 6.08. The van der Waals surface area contributed by atoms with E-state index in [1.807, 2.05) is 13.8 Å². The zero-order valence-electron chi connectivity index (χ0n) is 11.1. The van der Waals surface area contributed by atoms with Gasteiger partial charge in [0.1, 0.15) is 5.75 Å². The lowest BCUT2D eigenvalue weighted by atomic mass is 9.94. The third-order valence-electron chi connectivity index (χ3n) is 3.36. The van der Waals surface area contributed by atoms with Crippen molar-refractivity contribution in [3.05, 3.63) is 28.4 Å². The number of rotatable bonds is 4. The van der Waals surface area contributed by atoms with Gasteiger partial charge in [0.25, 0.3) is 0 Å². The fourth-order valence-electron chi connectivity index (χ4n) is 2.46. The van der Waals surface area contributed by atoms with Crippen LogP contribution >= 0.6 is 11.6 Å². The molecule has 0 bridgehead atoms. The number of nitrogens with one attached hydrogen (secondary N) is 1. The van der Waals surface area contributed by atoms with Crippen molar-refractivity contribution in [2.75, 3.05) is 7.11 Å². The number of aromatic nitrogens is 1. The van der Waals surface area contributed by atoms with Crippen molar-refractivity contribution < 1.29 is 14.6 Å². The summed E-state index contributed by atoms with van der Waals surface area (Å²) in [5, 5.41) is 10.7. The number of aliphatic carboxylic acids is 1. The molecule has 0 aliphatic carbocycles. The van der Waals surface area contributed by atoms with Gasteiger partial charge in [-0.1, -0.05) is 18.5 Å². The predicted molar refractivity (Wildman–Crippen MR) is 75.3 cm³/mol. The van der Waals surface area contributed by atoms with Crippen LogP contribution in [-0.4, -0.2) is 23.2 Å². The molecule has 0 saturated heterocycles. The Morgan fingerprint density at radius 1 is 1.53 bits per heavy atom. The number of hydrogen-bond donors (Lipinski definition) is 2. The van der Waals surface area contributed by atoms with Crippen LogP contribution in [0.1, 0.15) is 30.5 Å². The molecule has 1 aromatic carbocycles. The van der Waals surface area contributed by atoms with Crippen molar-refractivity contribution in [1.29, 1.82) is 0 Å². The molecule has 0 amide bonds. The molecule has 0 fully saturated rings. The number of fused-ring (bicyclic) bond motifs is 1. The van der Waals surface area contributed by atoms with E-state index in [4.69, 9.17) is 16.3 Å². The highest BCUT2D eigenvalue weighted by molar-refractivity contribution is 6.32. The summed E-state index contributed by atoms with van der Waals surface area (Å²) in [6.45, 7) is 3.74. The number of halogens is 1. The summed E-state index contributed by atoms with van der Waals surface area (Å²) in [5.74, 6) is -0.797. The summed E-state index contributed by atoms with van der Waals surface area (Å²) >= 11 is 6.08. The first-order chi connectivity index (χ1) is 8.99. The van der Waals surface area contributed by atoms with Crippen LogP contribution in [0.3, 0.4) is 0 Å². The molecule has 1 aromatic heterocycles. The van der Waals surface area contributed by atoms with Gasteiger partial charge < -0.3 is 14.8 Å². The molecule has 1 heterocycles. The number of aromatic amines is 1. The number of aryl methyl sites for hydroxylation is 1. The van der Waals surface area contributed by atoms with Crippen LogP contribution in [0.4, 0.5) is 0 Å². The fourth-order valence-corrected chi connectivity index (χ4v) is 2.70. The van der Waals surface area contributed by atoms with Gasteiger partial charge in [0.05, 0.1) is 18.1 Å². The first kappa shape index (κ1) is 13.7. The highest BCUT2D eigenvalue weighted by Gasteiger charge is 2.24. The second-order valence-electron chi connectivity index (χ2n) is 4.50. The summed E-state index contributed by atoms with van der Waals surface area (Å²) in [5.41, 5.74) is 2.49. The molecule has 2 N–H and O–H groups in total. The largest absolute Gasteiger partial charge is 0.495 e. The van der Waals surface area contributed by atoms with Gasteiger partial charge in [-0.25, -0.2) is 0 Å². The van der Waals surface area contributed by atoms with Gasteiger partial charge in [-0.05, 0) is 31.0 Å². The smallest absolute Gasteiger partial charge is 0.311 e. The Hall–Kier alpha value is -1.68. The van der Waals surface area contributed by atoms with Crippen molar-refractivity contribution in [3.63, 3.8) is 0 Å². The molecule has 2 aromatic rings. The first-order valence-corrected chi connectivity index (χ1v) is 6.45. The molecule has 4 nitrogen and oxygen atoms in total. The minimum Gasteiger partial charge on any atom is -0.495 e. The van der Waals surface area contributed by atoms with Gasteiger partial charge in [0.2, 0.25) is 0 Å². The summed E-state index contributed by atoms with van der Waals surface area (Å²) in [6, 6.07) is 3.56. The number of H-pyrrole nitrogens is 1. The van der Waals surface area contributed by atoms with Crippen LogP contribution in [0.2, 0.25) is 5.02 Å². The number of carboxylic acid groups (broad SMARTS) is 1. The molecule has 102 valence electrons. The number of carbonyl (C=O) groups is 1. The molecule has 1 unspecified atom stereocenters. The van der Waals surface area contributed by atoms with Crippen molar-refractivity contribution in [1.82, 2.24) is 4.98 Å². The lowest BCUT2D eigenvalue weighted by Gasteiger charge is -2.11. The van der Waals surface area contributed by atoms with Crippen LogP contribution < -0.4 is 4.74 Å². The monoisotopic (exact) mass is 281 g/mol. The minimum absolute atomic E-state index is 0.506. The molecule has 1 atom stereocenters. The molecule has 0 saturated carbocycles. The maximum Gasteiger partial charge on any atom is 0.311 e. The normalized spacial score (nSPS) is 12.6. The number of hydrogen-bond acceptors (Lipinski definition) is 2. The molecule has 0 spiro atoms. The topological polar surface area (TPSA) is 62.3 Å². The highest BCUT2D eigenvalue weighted by Crippen LogP contribution is 2.36. The Labute approximate surface area is 116 Å². The van der Waals surface area contributed by atoms with E-state index in [1.165, 1.54) is 0 Å². The van der Waals surface area contributed by atoms with E-state index >= 15 is 0 Å². The minimum atomic E-state index is -0.819. The van der Waals surface area contributed by atoms with E-state index in [-0.39, 0.29) is 0 Å². The molecular weight excluding hydrogens is 266 g/mol. The Bertz CT molecular complexity index is 633. The van der Waals surface area contributed by atoms with Gasteiger partial charge in [0.15, 0.2) is 0 Å². The number of benzene rings is 1. The van der Waals surface area contributed by atoms with E-state index in [1.54, 1.807) is 19.2 Å². The highest BCUT2D eigenvalue weighted by atomic mass is 35.5. The predicted octanol–water partition coefficient (Wildman–Crippen LogP) is 3.72. The quantitative estimate of drug-likeness (QED) is 0.898. The number of carboxylic acids is 1. The van der Waals surface area contributed by atoms with E-state index in [0.29, 0.717) is 17.2 Å². The average molecular weight is 282 g/mol. The Morgan fingerprint density at radius 2 is 2.21 bits per heavy atom. The van der Waals surface area contributed by atoms with Crippen LogP contribution in [0.5, 0.6) is 5.75 Å². The van der Waals surface area contributed by atoms with Gasteiger partial charge >= 0.3 is 5.97 Å². The van der Waals surface area contributed by atoms with Gasteiger partial charge in [0, 0.05) is 16.6 Å². The average Bonchev–Trinajstić information content (AvgIpc) is 2.65. The molecular formula is C14H16ClNO3. The van der Waals surface area contributed by atoms with Crippen LogP contribution in [0.15, 0.2) is 12.1 Å². The zero-order chi connectivity index (χ0) is 14.2.